The van der Waals surface area contributed by atoms with Gasteiger partial charge in [-0.3, -0.25) is 9.52 Å². The van der Waals surface area contributed by atoms with Crippen molar-refractivity contribution in [3.63, 3.8) is 0 Å². The van der Waals surface area contributed by atoms with Gasteiger partial charge in [-0.15, -0.1) is 0 Å². The van der Waals surface area contributed by atoms with Gasteiger partial charge < -0.3 is 5.32 Å². The minimum atomic E-state index is -4.00. The number of halogens is 2. The molecule has 0 saturated heterocycles. The molecule has 1 amide bonds. The molecular formula is C23H22ClFN2O3S. The average molecular weight is 461 g/mol. The van der Waals surface area contributed by atoms with Crippen molar-refractivity contribution in [3.05, 3.63) is 94.8 Å². The molecule has 0 spiro atoms. The lowest BCUT2D eigenvalue weighted by atomic mass is 9.84. The number of hydrogen-bond donors (Lipinski definition) is 2. The van der Waals surface area contributed by atoms with E-state index in [0.29, 0.717) is 6.54 Å². The fourth-order valence-electron chi connectivity index (χ4n) is 2.97. The number of nitrogens with one attached hydrogen (secondary N) is 2. The van der Waals surface area contributed by atoms with Crippen LogP contribution in [0, 0.1) is 5.82 Å². The normalized spacial score (nSPS) is 11.7. The summed E-state index contributed by atoms with van der Waals surface area (Å²) >= 11 is 6.17. The SMILES string of the molecule is CC(C)(CNC(=O)c1cc(S(=O)(=O)Nc2ccc(F)cc2)ccc1Cl)c1ccccc1. The Kier molecular flexibility index (Phi) is 6.67. The van der Waals surface area contributed by atoms with Crippen molar-refractivity contribution < 1.29 is 17.6 Å². The summed E-state index contributed by atoms with van der Waals surface area (Å²) in [5.41, 5.74) is 0.970. The number of rotatable bonds is 7. The van der Waals surface area contributed by atoms with Gasteiger partial charge in [0.1, 0.15) is 5.82 Å². The number of hydrogen-bond acceptors (Lipinski definition) is 3. The highest BCUT2D eigenvalue weighted by atomic mass is 35.5. The van der Waals surface area contributed by atoms with Gasteiger partial charge in [-0.2, -0.15) is 0 Å². The largest absolute Gasteiger partial charge is 0.351 e. The Morgan fingerprint density at radius 1 is 1.00 bits per heavy atom. The van der Waals surface area contributed by atoms with Crippen LogP contribution in [-0.4, -0.2) is 20.9 Å². The zero-order valence-electron chi connectivity index (χ0n) is 17.0. The van der Waals surface area contributed by atoms with Crippen LogP contribution in [0.1, 0.15) is 29.8 Å². The van der Waals surface area contributed by atoms with Crippen LogP contribution in [-0.2, 0) is 15.4 Å². The van der Waals surface area contributed by atoms with Crippen LogP contribution in [0.3, 0.4) is 0 Å². The smallest absolute Gasteiger partial charge is 0.261 e. The number of sulfonamides is 1. The summed E-state index contributed by atoms with van der Waals surface area (Å²) in [6.45, 7) is 4.33. The van der Waals surface area contributed by atoms with E-state index in [1.165, 1.54) is 30.3 Å². The molecule has 162 valence electrons. The Labute approximate surface area is 186 Å². The molecule has 0 aliphatic carbocycles. The Balaban J connectivity index is 1.78. The van der Waals surface area contributed by atoms with E-state index in [1.54, 1.807) is 0 Å². The van der Waals surface area contributed by atoms with Crippen molar-refractivity contribution in [3.8, 4) is 0 Å². The first-order chi connectivity index (χ1) is 14.6. The summed E-state index contributed by atoms with van der Waals surface area (Å²) < 4.78 is 40.8. The maximum Gasteiger partial charge on any atom is 0.261 e. The Morgan fingerprint density at radius 3 is 2.29 bits per heavy atom. The van der Waals surface area contributed by atoms with Crippen molar-refractivity contribution in [2.24, 2.45) is 0 Å². The summed E-state index contributed by atoms with van der Waals surface area (Å²) in [5.74, 6) is -0.959. The highest BCUT2D eigenvalue weighted by molar-refractivity contribution is 7.92. The zero-order chi connectivity index (χ0) is 22.6. The second-order valence-corrected chi connectivity index (χ2v) is 9.78. The summed E-state index contributed by atoms with van der Waals surface area (Å²) in [6, 6.07) is 18.5. The Hall–Kier alpha value is -2.90. The van der Waals surface area contributed by atoms with Gasteiger partial charge >= 0.3 is 0 Å². The molecular weight excluding hydrogens is 439 g/mol. The molecule has 2 N–H and O–H groups in total. The van der Waals surface area contributed by atoms with Crippen molar-refractivity contribution in [2.75, 3.05) is 11.3 Å². The molecule has 0 aromatic heterocycles. The van der Waals surface area contributed by atoms with Crippen LogP contribution in [0.5, 0.6) is 0 Å². The van der Waals surface area contributed by atoms with E-state index in [0.717, 1.165) is 17.7 Å². The monoisotopic (exact) mass is 460 g/mol. The predicted octanol–water partition coefficient (Wildman–Crippen LogP) is 4.99. The molecule has 8 heteroatoms. The fraction of sp³-hybridized carbons (Fsp3) is 0.174. The van der Waals surface area contributed by atoms with Crippen molar-refractivity contribution in [1.29, 1.82) is 0 Å². The number of anilines is 1. The van der Waals surface area contributed by atoms with E-state index >= 15 is 0 Å². The van der Waals surface area contributed by atoms with Crippen LogP contribution >= 0.6 is 11.6 Å². The highest BCUT2D eigenvalue weighted by Gasteiger charge is 2.23. The molecule has 3 aromatic rings. The summed E-state index contributed by atoms with van der Waals surface area (Å²) in [6.07, 6.45) is 0. The van der Waals surface area contributed by atoms with Crippen LogP contribution in [0.4, 0.5) is 10.1 Å². The fourth-order valence-corrected chi connectivity index (χ4v) is 4.25. The molecule has 0 saturated carbocycles. The number of carbonyl (C=O) groups excluding carboxylic acids is 1. The zero-order valence-corrected chi connectivity index (χ0v) is 18.6. The molecule has 0 bridgehead atoms. The van der Waals surface area contributed by atoms with Gasteiger partial charge in [0.2, 0.25) is 0 Å². The van der Waals surface area contributed by atoms with Gasteiger partial charge in [0.15, 0.2) is 0 Å². The van der Waals surface area contributed by atoms with E-state index in [1.807, 2.05) is 44.2 Å². The molecule has 0 aliphatic rings. The van der Waals surface area contributed by atoms with Crippen molar-refractivity contribution >= 4 is 33.2 Å². The molecule has 0 aliphatic heterocycles. The third kappa shape index (κ3) is 5.62. The van der Waals surface area contributed by atoms with Gasteiger partial charge in [0.25, 0.3) is 15.9 Å². The number of amides is 1. The lowest BCUT2D eigenvalue weighted by molar-refractivity contribution is 0.0945. The lowest BCUT2D eigenvalue weighted by Gasteiger charge is -2.25. The van der Waals surface area contributed by atoms with E-state index < -0.39 is 21.7 Å². The number of carbonyl (C=O) groups is 1. The predicted molar refractivity (Wildman–Crippen MR) is 120 cm³/mol. The van der Waals surface area contributed by atoms with E-state index in [9.17, 15) is 17.6 Å². The first-order valence-corrected chi connectivity index (χ1v) is 11.4. The molecule has 0 fully saturated rings. The van der Waals surface area contributed by atoms with Gasteiger partial charge in [0.05, 0.1) is 15.5 Å². The van der Waals surface area contributed by atoms with Crippen molar-refractivity contribution in [2.45, 2.75) is 24.2 Å². The maximum absolute atomic E-state index is 13.1. The van der Waals surface area contributed by atoms with Crippen molar-refractivity contribution in [1.82, 2.24) is 5.32 Å². The third-order valence-electron chi connectivity index (χ3n) is 4.84. The van der Waals surface area contributed by atoms with Crippen LogP contribution in [0.2, 0.25) is 5.02 Å². The topological polar surface area (TPSA) is 75.3 Å². The van der Waals surface area contributed by atoms with Gasteiger partial charge in [0, 0.05) is 17.6 Å². The molecule has 0 radical (unpaired) electrons. The molecule has 0 unspecified atom stereocenters. The molecule has 5 nitrogen and oxygen atoms in total. The molecule has 0 atom stereocenters. The van der Waals surface area contributed by atoms with Gasteiger partial charge in [-0.25, -0.2) is 12.8 Å². The van der Waals surface area contributed by atoms with Gasteiger partial charge in [-0.1, -0.05) is 55.8 Å². The first kappa shape index (κ1) is 22.8. The first-order valence-electron chi connectivity index (χ1n) is 9.50. The second-order valence-electron chi connectivity index (χ2n) is 7.69. The number of benzene rings is 3. The Bertz CT molecular complexity index is 1180. The summed E-state index contributed by atoms with van der Waals surface area (Å²) in [7, 11) is -4.00. The van der Waals surface area contributed by atoms with E-state index in [-0.39, 0.29) is 26.6 Å². The minimum Gasteiger partial charge on any atom is -0.351 e. The summed E-state index contributed by atoms with van der Waals surface area (Å²) in [5, 5.41) is 2.97. The average Bonchev–Trinajstić information content (AvgIpc) is 2.74. The molecule has 3 aromatic carbocycles. The quantitative estimate of drug-likeness (QED) is 0.521. The Morgan fingerprint density at radius 2 is 1.65 bits per heavy atom. The minimum absolute atomic E-state index is 0.0486. The van der Waals surface area contributed by atoms with Crippen LogP contribution in [0.25, 0.3) is 0 Å². The van der Waals surface area contributed by atoms with Crippen LogP contribution < -0.4 is 10.0 Å². The molecule has 0 heterocycles. The highest BCUT2D eigenvalue weighted by Crippen LogP contribution is 2.25. The van der Waals surface area contributed by atoms with E-state index in [4.69, 9.17) is 11.6 Å². The molecule has 31 heavy (non-hydrogen) atoms. The lowest BCUT2D eigenvalue weighted by Crippen LogP contribution is -2.36. The van der Waals surface area contributed by atoms with E-state index in [2.05, 4.69) is 10.0 Å². The standard InChI is InChI=1S/C23H22ClFN2O3S/c1-23(2,16-6-4-3-5-7-16)15-26-22(28)20-14-19(12-13-21(20)24)31(29,30)27-18-10-8-17(25)9-11-18/h3-14,27H,15H2,1-2H3,(H,26,28). The summed E-state index contributed by atoms with van der Waals surface area (Å²) in [4.78, 5) is 12.6. The van der Waals surface area contributed by atoms with Crippen LogP contribution in [0.15, 0.2) is 77.7 Å². The molecule has 3 rings (SSSR count). The second kappa shape index (κ2) is 9.08. The van der Waals surface area contributed by atoms with Gasteiger partial charge in [-0.05, 0) is 48.0 Å². The third-order valence-corrected chi connectivity index (χ3v) is 6.54. The maximum atomic E-state index is 13.1.